The predicted octanol–water partition coefficient (Wildman–Crippen LogP) is 12.9. The second kappa shape index (κ2) is 12.9. The zero-order valence-corrected chi connectivity index (χ0v) is 28.9. The highest BCUT2D eigenvalue weighted by Gasteiger charge is 2.20. The molecule has 0 saturated carbocycles. The number of nitrogens with zero attached hydrogens (tertiary/aromatic N) is 4. The summed E-state index contributed by atoms with van der Waals surface area (Å²) in [5.74, 6) is 0. The molecule has 0 spiro atoms. The van der Waals surface area contributed by atoms with E-state index < -0.39 is 0 Å². The van der Waals surface area contributed by atoms with E-state index in [1.807, 2.05) is 18.3 Å². The Hall–Kier alpha value is -7.17. The van der Waals surface area contributed by atoms with Crippen LogP contribution in [0.25, 0.3) is 66.5 Å². The van der Waals surface area contributed by atoms with Gasteiger partial charge in [0, 0.05) is 62.6 Å². The minimum absolute atomic E-state index is 0.958. The lowest BCUT2D eigenvalue weighted by molar-refractivity contribution is 1.13. The fourth-order valence-electron chi connectivity index (χ4n) is 7.73. The molecule has 0 amide bonds. The van der Waals surface area contributed by atoms with Crippen LogP contribution in [0.5, 0.6) is 0 Å². The number of para-hydroxylation sites is 2. The van der Waals surface area contributed by atoms with E-state index in [0.29, 0.717) is 0 Å². The second-order valence-electron chi connectivity index (χ2n) is 13.3. The van der Waals surface area contributed by atoms with Crippen LogP contribution >= 0.6 is 0 Å². The second-order valence-corrected chi connectivity index (χ2v) is 13.3. The molecular weight excluding hydrogens is 645 g/mol. The lowest BCUT2D eigenvalue weighted by Gasteiger charge is -2.26. The van der Waals surface area contributed by atoms with Crippen molar-refractivity contribution in [1.29, 1.82) is 0 Å². The highest BCUT2D eigenvalue weighted by atomic mass is 15.1. The Balaban J connectivity index is 1.19. The van der Waals surface area contributed by atoms with Crippen molar-refractivity contribution in [1.82, 2.24) is 14.1 Å². The number of hydrogen-bond donors (Lipinski definition) is 0. The first kappa shape index (κ1) is 30.6. The summed E-state index contributed by atoms with van der Waals surface area (Å²) >= 11 is 0. The predicted molar refractivity (Wildman–Crippen MR) is 221 cm³/mol. The molecule has 0 radical (unpaired) electrons. The van der Waals surface area contributed by atoms with E-state index in [1.165, 1.54) is 43.8 Å². The summed E-state index contributed by atoms with van der Waals surface area (Å²) in [5.41, 5.74) is 13.5. The van der Waals surface area contributed by atoms with Crippen LogP contribution < -0.4 is 4.90 Å². The van der Waals surface area contributed by atoms with Crippen molar-refractivity contribution >= 4 is 49.8 Å². The molecule has 0 aliphatic rings. The molecule has 3 heterocycles. The fourth-order valence-corrected chi connectivity index (χ4v) is 7.73. The molecule has 4 nitrogen and oxygen atoms in total. The van der Waals surface area contributed by atoms with Gasteiger partial charge in [-0.15, -0.1) is 0 Å². The van der Waals surface area contributed by atoms with E-state index in [0.717, 1.165) is 39.7 Å². The molecule has 0 atom stereocenters. The Labute approximate surface area is 308 Å². The molecule has 0 unspecified atom stereocenters. The lowest BCUT2D eigenvalue weighted by Crippen LogP contribution is -2.10. The normalized spacial score (nSPS) is 11.4. The summed E-state index contributed by atoms with van der Waals surface area (Å²) in [6.07, 6.45) is 4.04. The summed E-state index contributed by atoms with van der Waals surface area (Å²) in [6.45, 7) is 0. The van der Waals surface area contributed by atoms with Crippen LogP contribution in [0, 0.1) is 0 Å². The molecule has 10 rings (SSSR count). The zero-order chi connectivity index (χ0) is 35.1. The number of anilines is 3. The third-order valence-corrected chi connectivity index (χ3v) is 10.2. The topological polar surface area (TPSA) is 26.0 Å². The highest BCUT2D eigenvalue weighted by Crippen LogP contribution is 2.43. The first-order chi connectivity index (χ1) is 26.3. The van der Waals surface area contributed by atoms with Gasteiger partial charge in [-0.05, 0) is 108 Å². The Bertz CT molecular complexity index is 2760. The molecule has 0 N–H and O–H groups in total. The van der Waals surface area contributed by atoms with E-state index in [2.05, 4.69) is 207 Å². The van der Waals surface area contributed by atoms with Gasteiger partial charge in [0.15, 0.2) is 0 Å². The van der Waals surface area contributed by atoms with Crippen LogP contribution in [0.3, 0.4) is 0 Å². The molecule has 0 fully saturated rings. The van der Waals surface area contributed by atoms with Crippen LogP contribution in [0.15, 0.2) is 207 Å². The number of hydrogen-bond acceptors (Lipinski definition) is 2. The Morgan fingerprint density at radius 1 is 0.396 bits per heavy atom. The lowest BCUT2D eigenvalue weighted by atomic mass is 10.0. The number of rotatable bonds is 7. The molecule has 10 aromatic rings. The Morgan fingerprint density at radius 3 is 1.64 bits per heavy atom. The minimum atomic E-state index is 0.958. The largest absolute Gasteiger partial charge is 0.317 e. The first-order valence-corrected chi connectivity index (χ1v) is 18.0. The van der Waals surface area contributed by atoms with Gasteiger partial charge >= 0.3 is 0 Å². The maximum atomic E-state index is 4.60. The SMILES string of the molecule is c1ccc(-c2ccc(N(c3ccc(-c4ccccn4)cc3)c3ccc4c(c3)c3c5ccn(-c6ccccc6)c5ccc3n4-c3ccccc3)cc2)cc1. The molecule has 3 aromatic heterocycles. The summed E-state index contributed by atoms with van der Waals surface area (Å²) < 4.78 is 4.68. The average Bonchev–Trinajstić information content (AvgIpc) is 3.82. The molecular formula is C49H34N4. The van der Waals surface area contributed by atoms with Crippen LogP contribution in [-0.2, 0) is 0 Å². The van der Waals surface area contributed by atoms with E-state index in [-0.39, 0.29) is 0 Å². The van der Waals surface area contributed by atoms with Crippen molar-refractivity contribution in [3.8, 4) is 33.8 Å². The summed E-state index contributed by atoms with van der Waals surface area (Å²) in [5, 5.41) is 3.66. The molecule has 53 heavy (non-hydrogen) atoms. The molecule has 0 aliphatic carbocycles. The van der Waals surface area contributed by atoms with Gasteiger partial charge in [0.2, 0.25) is 0 Å². The maximum absolute atomic E-state index is 4.60. The fraction of sp³-hybridized carbons (Fsp3) is 0. The van der Waals surface area contributed by atoms with Gasteiger partial charge in [-0.2, -0.15) is 0 Å². The quantitative estimate of drug-likeness (QED) is 0.168. The van der Waals surface area contributed by atoms with Gasteiger partial charge < -0.3 is 14.0 Å². The summed E-state index contributed by atoms with van der Waals surface area (Å²) in [4.78, 5) is 6.96. The van der Waals surface area contributed by atoms with Crippen molar-refractivity contribution < 1.29 is 0 Å². The number of aromatic nitrogens is 3. The zero-order valence-electron chi connectivity index (χ0n) is 28.9. The number of benzene rings is 7. The van der Waals surface area contributed by atoms with E-state index in [1.54, 1.807) is 0 Å². The van der Waals surface area contributed by atoms with Crippen LogP contribution in [0.1, 0.15) is 0 Å². The number of pyridine rings is 1. The van der Waals surface area contributed by atoms with Crippen LogP contribution in [-0.4, -0.2) is 14.1 Å². The van der Waals surface area contributed by atoms with Gasteiger partial charge in [-0.3, -0.25) is 4.98 Å². The molecule has 0 aliphatic heterocycles. The standard InChI is InChI=1S/C49H34N4/c1-4-12-35(13-5-1)36-19-23-40(24-20-36)52(41-25-21-37(22-26-41)45-18-10-11-32-50-45)42-27-28-47-44(34-42)49-43-31-33-51(38-14-6-2-7-15-38)46(43)29-30-48(49)53(47)39-16-8-3-9-17-39/h1-34H. The Kier molecular flexibility index (Phi) is 7.43. The Morgan fingerprint density at radius 2 is 0.962 bits per heavy atom. The van der Waals surface area contributed by atoms with Crippen molar-refractivity contribution in [2.75, 3.05) is 4.90 Å². The monoisotopic (exact) mass is 678 g/mol. The van der Waals surface area contributed by atoms with Crippen molar-refractivity contribution in [3.05, 3.63) is 207 Å². The minimum Gasteiger partial charge on any atom is -0.317 e. The summed E-state index contributed by atoms with van der Waals surface area (Å²) in [7, 11) is 0. The average molecular weight is 679 g/mol. The van der Waals surface area contributed by atoms with Gasteiger partial charge in [-0.25, -0.2) is 0 Å². The van der Waals surface area contributed by atoms with Crippen LogP contribution in [0.4, 0.5) is 17.1 Å². The maximum Gasteiger partial charge on any atom is 0.0701 e. The molecule has 250 valence electrons. The molecule has 0 bridgehead atoms. The van der Waals surface area contributed by atoms with E-state index in [4.69, 9.17) is 0 Å². The van der Waals surface area contributed by atoms with E-state index in [9.17, 15) is 0 Å². The van der Waals surface area contributed by atoms with Gasteiger partial charge in [0.25, 0.3) is 0 Å². The van der Waals surface area contributed by atoms with E-state index >= 15 is 0 Å². The molecule has 4 heteroatoms. The van der Waals surface area contributed by atoms with Gasteiger partial charge in [0.05, 0.1) is 22.2 Å². The van der Waals surface area contributed by atoms with Crippen molar-refractivity contribution in [2.24, 2.45) is 0 Å². The van der Waals surface area contributed by atoms with Gasteiger partial charge in [0.1, 0.15) is 0 Å². The third kappa shape index (κ3) is 5.36. The molecule has 7 aromatic carbocycles. The molecule has 0 saturated heterocycles. The van der Waals surface area contributed by atoms with Gasteiger partial charge in [-0.1, -0.05) is 97.1 Å². The highest BCUT2D eigenvalue weighted by molar-refractivity contribution is 6.22. The first-order valence-electron chi connectivity index (χ1n) is 18.0. The smallest absolute Gasteiger partial charge is 0.0701 e. The number of fused-ring (bicyclic) bond motifs is 5. The third-order valence-electron chi connectivity index (χ3n) is 10.2. The van der Waals surface area contributed by atoms with Crippen molar-refractivity contribution in [2.45, 2.75) is 0 Å². The van der Waals surface area contributed by atoms with Crippen molar-refractivity contribution in [3.63, 3.8) is 0 Å². The summed E-state index contributed by atoms with van der Waals surface area (Å²) in [6, 6.07) is 69.2. The van der Waals surface area contributed by atoms with Crippen LogP contribution in [0.2, 0.25) is 0 Å².